The first kappa shape index (κ1) is 17.9. The van der Waals surface area contributed by atoms with Crippen molar-refractivity contribution in [2.24, 2.45) is 5.10 Å². The molecule has 0 spiro atoms. The van der Waals surface area contributed by atoms with Crippen molar-refractivity contribution in [2.45, 2.75) is 0 Å². The van der Waals surface area contributed by atoms with Gasteiger partial charge in [0, 0.05) is 11.1 Å². The van der Waals surface area contributed by atoms with E-state index in [0.29, 0.717) is 21.5 Å². The molecule has 0 saturated heterocycles. The van der Waals surface area contributed by atoms with Gasteiger partial charge in [0.15, 0.2) is 0 Å². The van der Waals surface area contributed by atoms with Crippen molar-refractivity contribution < 1.29 is 14.3 Å². The van der Waals surface area contributed by atoms with Crippen LogP contribution in [0.15, 0.2) is 64.2 Å². The second-order valence-electron chi connectivity index (χ2n) is 5.45. The van der Waals surface area contributed by atoms with Crippen LogP contribution in [-0.2, 0) is 0 Å². The van der Waals surface area contributed by atoms with Crippen LogP contribution in [0, 0.1) is 0 Å². The number of benzene rings is 3. The highest BCUT2D eigenvalue weighted by Crippen LogP contribution is 2.27. The summed E-state index contributed by atoms with van der Waals surface area (Å²) >= 11 is 3.37. The van der Waals surface area contributed by atoms with E-state index in [9.17, 15) is 4.79 Å². The smallest absolute Gasteiger partial charge is 0.271 e. The number of ether oxygens (including phenoxy) is 2. The van der Waals surface area contributed by atoms with Gasteiger partial charge in [-0.1, -0.05) is 30.3 Å². The van der Waals surface area contributed by atoms with Crippen molar-refractivity contribution in [2.75, 3.05) is 14.2 Å². The van der Waals surface area contributed by atoms with Gasteiger partial charge in [0.25, 0.3) is 5.91 Å². The first-order chi connectivity index (χ1) is 12.6. The fourth-order valence-corrected chi connectivity index (χ4v) is 3.16. The Labute approximate surface area is 159 Å². The number of halogens is 1. The summed E-state index contributed by atoms with van der Waals surface area (Å²) < 4.78 is 11.3. The van der Waals surface area contributed by atoms with Crippen LogP contribution in [0.3, 0.4) is 0 Å². The molecule has 5 nitrogen and oxygen atoms in total. The lowest BCUT2D eigenvalue weighted by atomic mass is 10.0. The lowest BCUT2D eigenvalue weighted by Crippen LogP contribution is -2.17. The molecule has 0 unspecified atom stereocenters. The fraction of sp³-hybridized carbons (Fsp3) is 0.100. The van der Waals surface area contributed by atoms with Gasteiger partial charge in [-0.3, -0.25) is 4.79 Å². The van der Waals surface area contributed by atoms with E-state index in [-0.39, 0.29) is 5.91 Å². The maximum absolute atomic E-state index is 12.3. The van der Waals surface area contributed by atoms with E-state index in [2.05, 4.69) is 26.5 Å². The van der Waals surface area contributed by atoms with Crippen molar-refractivity contribution in [3.05, 3.63) is 70.2 Å². The number of fused-ring (bicyclic) bond motifs is 1. The third kappa shape index (κ3) is 3.70. The molecule has 132 valence electrons. The summed E-state index contributed by atoms with van der Waals surface area (Å²) in [5.74, 6) is 1.03. The minimum atomic E-state index is -0.316. The van der Waals surface area contributed by atoms with Gasteiger partial charge < -0.3 is 9.47 Å². The highest BCUT2D eigenvalue weighted by atomic mass is 79.9. The Kier molecular flexibility index (Phi) is 5.53. The predicted octanol–water partition coefficient (Wildman–Crippen LogP) is 4.38. The predicted molar refractivity (Wildman–Crippen MR) is 106 cm³/mol. The molecule has 6 heteroatoms. The topological polar surface area (TPSA) is 59.9 Å². The fourth-order valence-electron chi connectivity index (χ4n) is 2.61. The third-order valence-corrected chi connectivity index (χ3v) is 4.54. The van der Waals surface area contributed by atoms with Gasteiger partial charge in [0.2, 0.25) is 0 Å². The van der Waals surface area contributed by atoms with Crippen molar-refractivity contribution in [1.29, 1.82) is 0 Å². The molecule has 0 fully saturated rings. The van der Waals surface area contributed by atoms with E-state index in [0.717, 1.165) is 16.3 Å². The Hall–Kier alpha value is -2.86. The molecule has 0 atom stereocenters. The lowest BCUT2D eigenvalue weighted by molar-refractivity contribution is 0.0955. The van der Waals surface area contributed by atoms with Gasteiger partial charge >= 0.3 is 0 Å². The largest absolute Gasteiger partial charge is 0.496 e. The van der Waals surface area contributed by atoms with Crippen LogP contribution in [0.4, 0.5) is 0 Å². The molecule has 0 heterocycles. The summed E-state index contributed by atoms with van der Waals surface area (Å²) in [7, 11) is 3.18. The minimum Gasteiger partial charge on any atom is -0.496 e. The Morgan fingerprint density at radius 3 is 2.50 bits per heavy atom. The quantitative estimate of drug-likeness (QED) is 0.499. The third-order valence-electron chi connectivity index (χ3n) is 3.92. The molecular formula is C20H17BrN2O3. The molecule has 3 rings (SSSR count). The second kappa shape index (κ2) is 8.01. The van der Waals surface area contributed by atoms with Crippen molar-refractivity contribution in [3.63, 3.8) is 0 Å². The standard InChI is InChI=1S/C20H17BrN2O3/c1-25-18-9-7-13-5-3-4-6-15(13)16(18)12-22-23-20(24)14-8-10-19(26-2)17(21)11-14/h3-12H,1-2H3,(H,23,24)/b22-12+. The summed E-state index contributed by atoms with van der Waals surface area (Å²) in [5.41, 5.74) is 3.82. The Balaban J connectivity index is 1.83. The summed E-state index contributed by atoms with van der Waals surface area (Å²) in [6.07, 6.45) is 1.59. The molecule has 0 aliphatic heterocycles. The van der Waals surface area contributed by atoms with Crippen LogP contribution in [-0.4, -0.2) is 26.3 Å². The number of hydrazone groups is 1. The molecule has 26 heavy (non-hydrogen) atoms. The molecule has 0 radical (unpaired) electrons. The first-order valence-corrected chi connectivity index (χ1v) is 8.66. The van der Waals surface area contributed by atoms with Crippen LogP contribution in [0.5, 0.6) is 11.5 Å². The highest BCUT2D eigenvalue weighted by Gasteiger charge is 2.09. The number of rotatable bonds is 5. The van der Waals surface area contributed by atoms with E-state index < -0.39 is 0 Å². The molecule has 0 aliphatic carbocycles. The maximum atomic E-state index is 12.3. The number of amides is 1. The van der Waals surface area contributed by atoms with Gasteiger partial charge in [-0.25, -0.2) is 5.43 Å². The summed E-state index contributed by atoms with van der Waals surface area (Å²) in [5, 5.41) is 6.16. The Bertz CT molecular complexity index is 986. The number of nitrogens with one attached hydrogen (secondary N) is 1. The van der Waals surface area contributed by atoms with Crippen LogP contribution < -0.4 is 14.9 Å². The van der Waals surface area contributed by atoms with Crippen LogP contribution in [0.1, 0.15) is 15.9 Å². The molecule has 3 aromatic rings. The van der Waals surface area contributed by atoms with E-state index >= 15 is 0 Å². The molecule has 0 bridgehead atoms. The summed E-state index contributed by atoms with van der Waals surface area (Å²) in [6.45, 7) is 0. The van der Waals surface area contributed by atoms with E-state index in [4.69, 9.17) is 9.47 Å². The molecule has 3 aromatic carbocycles. The summed E-state index contributed by atoms with van der Waals surface area (Å²) in [4.78, 5) is 12.3. The number of hydrogen-bond donors (Lipinski definition) is 1. The molecule has 0 saturated carbocycles. The van der Waals surface area contributed by atoms with Crippen LogP contribution >= 0.6 is 15.9 Å². The molecule has 0 aromatic heterocycles. The van der Waals surface area contributed by atoms with Gasteiger partial charge in [0.1, 0.15) is 11.5 Å². The molecule has 1 amide bonds. The van der Waals surface area contributed by atoms with Gasteiger partial charge in [-0.2, -0.15) is 5.10 Å². The number of hydrogen-bond acceptors (Lipinski definition) is 4. The van der Waals surface area contributed by atoms with Crippen molar-refractivity contribution >= 4 is 38.8 Å². The zero-order chi connectivity index (χ0) is 18.5. The number of carbonyl (C=O) groups is 1. The molecule has 1 N–H and O–H groups in total. The SMILES string of the molecule is COc1ccc(C(=O)N/N=C/c2c(OC)ccc3ccccc23)cc1Br. The highest BCUT2D eigenvalue weighted by molar-refractivity contribution is 9.10. The van der Waals surface area contributed by atoms with Crippen molar-refractivity contribution in [3.8, 4) is 11.5 Å². The van der Waals surface area contributed by atoms with E-state index in [1.54, 1.807) is 38.6 Å². The van der Waals surface area contributed by atoms with Gasteiger partial charge in [-0.15, -0.1) is 0 Å². The molecule has 0 aliphatic rings. The zero-order valence-corrected chi connectivity index (χ0v) is 15.9. The summed E-state index contributed by atoms with van der Waals surface area (Å²) in [6, 6.07) is 16.9. The normalized spacial score (nSPS) is 10.9. The average Bonchev–Trinajstić information content (AvgIpc) is 2.67. The Morgan fingerprint density at radius 1 is 1.04 bits per heavy atom. The van der Waals surface area contributed by atoms with Gasteiger partial charge in [-0.05, 0) is 51.0 Å². The number of carbonyl (C=O) groups excluding carboxylic acids is 1. The monoisotopic (exact) mass is 412 g/mol. The number of methoxy groups -OCH3 is 2. The van der Waals surface area contributed by atoms with Gasteiger partial charge in [0.05, 0.1) is 24.9 Å². The average molecular weight is 413 g/mol. The second-order valence-corrected chi connectivity index (χ2v) is 6.31. The molecular weight excluding hydrogens is 396 g/mol. The minimum absolute atomic E-state index is 0.316. The first-order valence-electron chi connectivity index (χ1n) is 7.86. The number of nitrogens with zero attached hydrogens (tertiary/aromatic N) is 1. The van der Waals surface area contributed by atoms with E-state index in [1.807, 2.05) is 36.4 Å². The maximum Gasteiger partial charge on any atom is 0.271 e. The van der Waals surface area contributed by atoms with Crippen molar-refractivity contribution in [1.82, 2.24) is 5.43 Å². The zero-order valence-electron chi connectivity index (χ0n) is 14.3. The Morgan fingerprint density at radius 2 is 1.77 bits per heavy atom. The van der Waals surface area contributed by atoms with Crippen LogP contribution in [0.25, 0.3) is 10.8 Å². The lowest BCUT2D eigenvalue weighted by Gasteiger charge is -2.08. The van der Waals surface area contributed by atoms with Crippen LogP contribution in [0.2, 0.25) is 0 Å². The van der Waals surface area contributed by atoms with E-state index in [1.165, 1.54) is 0 Å².